The fraction of sp³-hybridized carbons (Fsp3) is 0.391. The van der Waals surface area contributed by atoms with Gasteiger partial charge in [-0.05, 0) is 26.0 Å². The maximum atomic E-state index is 12.7. The molecule has 1 aromatic heterocycles. The number of hydrogen-bond donors (Lipinski definition) is 3. The number of hydrogen-bond acceptors (Lipinski definition) is 7. The minimum atomic E-state index is -1.30. The summed E-state index contributed by atoms with van der Waals surface area (Å²) in [6.45, 7) is 3.87. The maximum absolute atomic E-state index is 12.7. The number of benzene rings is 1. The van der Waals surface area contributed by atoms with Crippen molar-refractivity contribution in [2.24, 2.45) is 0 Å². The molecule has 0 aliphatic carbocycles. The smallest absolute Gasteiger partial charge is 0.405 e. The summed E-state index contributed by atoms with van der Waals surface area (Å²) in [6, 6.07) is 5.97. The van der Waals surface area contributed by atoms with E-state index in [2.05, 4.69) is 15.6 Å². The zero-order valence-electron chi connectivity index (χ0n) is 20.2. The second kappa shape index (κ2) is 10.9. The molecule has 0 atom stereocenters. The largest absolute Gasteiger partial charge is 0.496 e. The van der Waals surface area contributed by atoms with E-state index in [1.165, 1.54) is 47.6 Å². The lowest BCUT2D eigenvalue weighted by molar-refractivity contribution is -0.138. The van der Waals surface area contributed by atoms with Gasteiger partial charge in [-0.2, -0.15) is 4.98 Å². The number of aldehydes is 1. The van der Waals surface area contributed by atoms with Crippen molar-refractivity contribution in [3.63, 3.8) is 0 Å². The molecular formula is C23H28N6O7. The first kappa shape index (κ1) is 26.2. The van der Waals surface area contributed by atoms with Crippen molar-refractivity contribution in [3.8, 4) is 11.4 Å². The molecule has 0 unspecified atom stereocenters. The van der Waals surface area contributed by atoms with E-state index in [9.17, 15) is 24.0 Å². The first-order valence-electron chi connectivity index (χ1n) is 11.1. The van der Waals surface area contributed by atoms with Crippen LogP contribution in [0.15, 0.2) is 35.3 Å². The molecule has 13 nitrogen and oxygen atoms in total. The summed E-state index contributed by atoms with van der Waals surface area (Å²) < 4.78 is 6.57. The van der Waals surface area contributed by atoms with Crippen LogP contribution in [0, 0.1) is 0 Å². The third-order valence-corrected chi connectivity index (χ3v) is 5.70. The Kier molecular flexibility index (Phi) is 7.92. The van der Waals surface area contributed by atoms with E-state index in [1.807, 2.05) is 0 Å². The number of anilines is 1. The van der Waals surface area contributed by atoms with Crippen LogP contribution in [0.2, 0.25) is 0 Å². The number of nitrogens with zero attached hydrogens (tertiary/aromatic N) is 4. The number of nitrogens with one attached hydrogen (secondary N) is 2. The van der Waals surface area contributed by atoms with Gasteiger partial charge in [0.15, 0.2) is 0 Å². The molecule has 1 aliphatic heterocycles. The number of aromatic nitrogens is 2. The van der Waals surface area contributed by atoms with E-state index in [-0.39, 0.29) is 44.3 Å². The number of rotatable bonds is 7. The van der Waals surface area contributed by atoms with Gasteiger partial charge in [-0.25, -0.2) is 14.4 Å². The molecule has 0 radical (unpaired) electrons. The molecule has 1 fully saturated rings. The van der Waals surface area contributed by atoms with E-state index in [1.54, 1.807) is 18.2 Å². The van der Waals surface area contributed by atoms with Crippen LogP contribution in [0.1, 0.15) is 19.4 Å². The highest BCUT2D eigenvalue weighted by Gasteiger charge is 2.35. The Morgan fingerprint density at radius 3 is 2.39 bits per heavy atom. The first-order valence-corrected chi connectivity index (χ1v) is 11.1. The van der Waals surface area contributed by atoms with Crippen LogP contribution in [0.5, 0.6) is 5.75 Å². The molecule has 1 aliphatic rings. The number of ether oxygens (including phenoxy) is 1. The van der Waals surface area contributed by atoms with Gasteiger partial charge >= 0.3 is 17.8 Å². The normalized spacial score (nSPS) is 13.6. The van der Waals surface area contributed by atoms with Gasteiger partial charge in [0.1, 0.15) is 23.4 Å². The third-order valence-electron chi connectivity index (χ3n) is 5.70. The van der Waals surface area contributed by atoms with E-state index in [0.717, 1.165) is 6.29 Å². The molecule has 13 heteroatoms. The van der Waals surface area contributed by atoms with Crippen LogP contribution >= 0.6 is 0 Å². The Hall–Kier alpha value is -4.42. The Morgan fingerprint density at radius 1 is 1.14 bits per heavy atom. The van der Waals surface area contributed by atoms with Crippen molar-refractivity contribution in [2.75, 3.05) is 38.6 Å². The third kappa shape index (κ3) is 5.98. The number of carbonyl (C=O) groups is 4. The molecule has 2 aromatic rings. The molecule has 2 heterocycles. The van der Waals surface area contributed by atoms with Gasteiger partial charge in [0.25, 0.3) is 0 Å². The maximum Gasteiger partial charge on any atom is 0.405 e. The lowest BCUT2D eigenvalue weighted by Crippen LogP contribution is -2.60. The second-order valence-electron chi connectivity index (χ2n) is 8.60. The first-order chi connectivity index (χ1) is 17.1. The lowest BCUT2D eigenvalue weighted by atomic mass is 10.0. The molecule has 3 rings (SSSR count). The van der Waals surface area contributed by atoms with Crippen molar-refractivity contribution < 1.29 is 29.0 Å². The molecule has 4 amide bonds. The zero-order valence-corrected chi connectivity index (χ0v) is 20.2. The van der Waals surface area contributed by atoms with Gasteiger partial charge in [0.2, 0.25) is 5.91 Å². The molecular weight excluding hydrogens is 472 g/mol. The quantitative estimate of drug-likeness (QED) is 0.468. The summed E-state index contributed by atoms with van der Waals surface area (Å²) in [7, 11) is 1.47. The topological polar surface area (TPSA) is 163 Å². The standard InChI is InChI=1S/C23H28N6O7/c1-23(2,26-22(34)35)19(31)27-9-11-28(12-10-27)20(32)24-18-6-8-29(21(33)25-18)16-5-4-15(7-13-30)17(14-16)36-3/h4-6,8,13-14,26H,7,9-12H2,1-3H3,(H,34,35)(H,24,25,32,33). The number of urea groups is 1. The van der Waals surface area contributed by atoms with Crippen LogP contribution < -0.4 is 21.1 Å². The van der Waals surface area contributed by atoms with Crippen molar-refractivity contribution in [1.82, 2.24) is 24.7 Å². The fourth-order valence-corrected chi connectivity index (χ4v) is 3.83. The van der Waals surface area contributed by atoms with Gasteiger partial charge in [-0.1, -0.05) is 6.07 Å². The summed E-state index contributed by atoms with van der Waals surface area (Å²) in [5.74, 6) is 0.144. The minimum Gasteiger partial charge on any atom is -0.496 e. The minimum absolute atomic E-state index is 0.0658. The predicted molar refractivity (Wildman–Crippen MR) is 129 cm³/mol. The number of methoxy groups -OCH3 is 1. The van der Waals surface area contributed by atoms with E-state index in [4.69, 9.17) is 9.84 Å². The van der Waals surface area contributed by atoms with Crippen LogP contribution in [0.3, 0.4) is 0 Å². The molecule has 3 N–H and O–H groups in total. The number of amides is 4. The monoisotopic (exact) mass is 500 g/mol. The molecule has 1 aromatic carbocycles. The number of carboxylic acid groups (broad SMARTS) is 1. The Bertz CT molecular complexity index is 1220. The highest BCUT2D eigenvalue weighted by molar-refractivity contribution is 5.90. The zero-order chi connectivity index (χ0) is 26.5. The van der Waals surface area contributed by atoms with Gasteiger partial charge in [0, 0.05) is 50.4 Å². The number of piperazine rings is 1. The van der Waals surface area contributed by atoms with Crippen LogP contribution in [0.4, 0.5) is 15.4 Å². The summed E-state index contributed by atoms with van der Waals surface area (Å²) in [4.78, 5) is 66.5. The predicted octanol–water partition coefficient (Wildman–Crippen LogP) is 0.705. The Labute approximate surface area is 206 Å². The van der Waals surface area contributed by atoms with E-state index < -0.39 is 23.4 Å². The van der Waals surface area contributed by atoms with E-state index >= 15 is 0 Å². The molecule has 1 saturated heterocycles. The summed E-state index contributed by atoms with van der Waals surface area (Å²) in [5.41, 5.74) is -0.743. The summed E-state index contributed by atoms with van der Waals surface area (Å²) >= 11 is 0. The lowest BCUT2D eigenvalue weighted by Gasteiger charge is -2.38. The van der Waals surface area contributed by atoms with E-state index in [0.29, 0.717) is 17.0 Å². The van der Waals surface area contributed by atoms with Crippen LogP contribution in [-0.4, -0.2) is 87.6 Å². The van der Waals surface area contributed by atoms with Gasteiger partial charge < -0.3 is 29.8 Å². The van der Waals surface area contributed by atoms with Gasteiger partial charge in [-0.3, -0.25) is 14.7 Å². The fourth-order valence-electron chi connectivity index (χ4n) is 3.83. The highest BCUT2D eigenvalue weighted by Crippen LogP contribution is 2.22. The van der Waals surface area contributed by atoms with Crippen LogP contribution in [-0.2, 0) is 16.0 Å². The molecule has 0 bridgehead atoms. The molecule has 0 spiro atoms. The second-order valence-corrected chi connectivity index (χ2v) is 8.60. The summed E-state index contributed by atoms with van der Waals surface area (Å²) in [6.07, 6.45) is 1.11. The molecule has 192 valence electrons. The number of carbonyl (C=O) groups excluding carboxylic acids is 3. The van der Waals surface area contributed by atoms with Gasteiger partial charge in [0.05, 0.1) is 12.8 Å². The summed E-state index contributed by atoms with van der Waals surface area (Å²) in [5, 5.41) is 13.7. The Morgan fingerprint density at radius 2 is 1.81 bits per heavy atom. The average molecular weight is 501 g/mol. The van der Waals surface area contributed by atoms with Gasteiger partial charge in [-0.15, -0.1) is 0 Å². The van der Waals surface area contributed by atoms with Crippen molar-refractivity contribution in [2.45, 2.75) is 25.8 Å². The van der Waals surface area contributed by atoms with Crippen molar-refractivity contribution >= 4 is 30.1 Å². The molecule has 0 saturated carbocycles. The highest BCUT2D eigenvalue weighted by atomic mass is 16.5. The van der Waals surface area contributed by atoms with Crippen molar-refractivity contribution in [3.05, 3.63) is 46.5 Å². The Balaban J connectivity index is 1.63. The van der Waals surface area contributed by atoms with Crippen LogP contribution in [0.25, 0.3) is 5.69 Å². The molecule has 36 heavy (non-hydrogen) atoms. The van der Waals surface area contributed by atoms with Crippen molar-refractivity contribution in [1.29, 1.82) is 0 Å². The SMILES string of the molecule is COc1cc(-n2ccc(NC(=O)N3CCN(C(=O)C(C)(C)NC(=O)O)CC3)nc2=O)ccc1CC=O. The average Bonchev–Trinajstić information content (AvgIpc) is 2.83.